The molecule has 3 rings (SSSR count). The summed E-state index contributed by atoms with van der Waals surface area (Å²) in [7, 11) is 1.53. The van der Waals surface area contributed by atoms with Crippen LogP contribution in [-0.4, -0.2) is 23.2 Å². The van der Waals surface area contributed by atoms with E-state index in [1.54, 1.807) is 42.5 Å². The monoisotopic (exact) mass is 408 g/mol. The highest BCUT2D eigenvalue weighted by molar-refractivity contribution is 8.18. The Kier molecular flexibility index (Phi) is 5.46. The second-order valence-electron chi connectivity index (χ2n) is 5.52. The van der Waals surface area contributed by atoms with E-state index in [-0.39, 0.29) is 17.7 Å². The fourth-order valence-corrected chi connectivity index (χ4v) is 3.61. The zero-order valence-electron chi connectivity index (χ0n) is 13.7. The van der Waals surface area contributed by atoms with E-state index in [2.05, 4.69) is 0 Å². The number of nitrogen functional groups attached to an aromatic ring is 1. The minimum absolute atomic E-state index is 0.129. The van der Waals surface area contributed by atoms with Crippen LogP contribution in [0.25, 0.3) is 6.08 Å². The second-order valence-corrected chi connectivity index (χ2v) is 7.33. The molecular formula is C18H14Cl2N2O3S. The zero-order chi connectivity index (χ0) is 18.8. The quantitative estimate of drug-likeness (QED) is 0.579. The molecule has 1 fully saturated rings. The predicted octanol–water partition coefficient (Wildman–Crippen LogP) is 4.82. The standard InChI is InChI=1S/C18H14Cl2N2O3S/c1-25-15-5-3-10(7-14(15)21)8-16-17(23)22(18(24)26-16)9-11-2-4-12(19)13(20)6-11/h2-8H,9,21H2,1H3. The first-order valence-corrected chi connectivity index (χ1v) is 9.09. The van der Waals surface area contributed by atoms with Crippen LogP contribution in [0.2, 0.25) is 10.0 Å². The smallest absolute Gasteiger partial charge is 0.293 e. The first-order chi connectivity index (χ1) is 12.4. The summed E-state index contributed by atoms with van der Waals surface area (Å²) in [6.45, 7) is 0.129. The van der Waals surface area contributed by atoms with Crippen LogP contribution in [0.3, 0.4) is 0 Å². The molecule has 2 aromatic rings. The number of thioether (sulfide) groups is 1. The van der Waals surface area contributed by atoms with Crippen LogP contribution in [0.1, 0.15) is 11.1 Å². The Morgan fingerprint density at radius 2 is 1.92 bits per heavy atom. The average molecular weight is 409 g/mol. The van der Waals surface area contributed by atoms with Crippen molar-refractivity contribution in [2.45, 2.75) is 6.54 Å². The summed E-state index contributed by atoms with van der Waals surface area (Å²) in [4.78, 5) is 26.3. The zero-order valence-corrected chi connectivity index (χ0v) is 16.0. The van der Waals surface area contributed by atoms with Gasteiger partial charge in [-0.25, -0.2) is 0 Å². The lowest BCUT2D eigenvalue weighted by Gasteiger charge is -2.13. The van der Waals surface area contributed by atoms with Gasteiger partial charge in [0, 0.05) is 0 Å². The summed E-state index contributed by atoms with van der Waals surface area (Å²) in [6.07, 6.45) is 1.63. The number of methoxy groups -OCH3 is 1. The Bertz CT molecular complexity index is 931. The van der Waals surface area contributed by atoms with Crippen molar-refractivity contribution in [3.63, 3.8) is 0 Å². The van der Waals surface area contributed by atoms with Gasteiger partial charge in [0.25, 0.3) is 11.1 Å². The number of nitrogens with zero attached hydrogens (tertiary/aromatic N) is 1. The van der Waals surface area contributed by atoms with E-state index in [9.17, 15) is 9.59 Å². The highest BCUT2D eigenvalue weighted by Crippen LogP contribution is 2.34. The normalized spacial score (nSPS) is 15.8. The van der Waals surface area contributed by atoms with Gasteiger partial charge in [-0.2, -0.15) is 0 Å². The molecule has 1 aliphatic rings. The number of benzene rings is 2. The van der Waals surface area contributed by atoms with E-state index in [0.717, 1.165) is 17.3 Å². The van der Waals surface area contributed by atoms with E-state index in [1.165, 1.54) is 12.0 Å². The lowest BCUT2D eigenvalue weighted by molar-refractivity contribution is -0.123. The molecule has 0 unspecified atom stereocenters. The number of amides is 2. The van der Waals surface area contributed by atoms with E-state index in [0.29, 0.717) is 32.0 Å². The molecule has 2 N–H and O–H groups in total. The number of rotatable bonds is 4. The molecule has 8 heteroatoms. The van der Waals surface area contributed by atoms with Gasteiger partial charge in [-0.1, -0.05) is 35.3 Å². The van der Waals surface area contributed by atoms with Gasteiger partial charge in [0.15, 0.2) is 0 Å². The molecule has 0 saturated carbocycles. The number of hydrogen-bond acceptors (Lipinski definition) is 5. The van der Waals surface area contributed by atoms with Crippen LogP contribution in [0.15, 0.2) is 41.3 Å². The third kappa shape index (κ3) is 3.82. The van der Waals surface area contributed by atoms with Crippen molar-refractivity contribution in [3.05, 3.63) is 62.5 Å². The molecule has 1 heterocycles. The molecule has 0 radical (unpaired) electrons. The van der Waals surface area contributed by atoms with Crippen molar-refractivity contribution in [1.82, 2.24) is 4.90 Å². The summed E-state index contributed by atoms with van der Waals surface area (Å²) in [5, 5.41) is 0.454. The number of hydrogen-bond donors (Lipinski definition) is 1. The van der Waals surface area contributed by atoms with Gasteiger partial charge in [-0.15, -0.1) is 0 Å². The maximum absolute atomic E-state index is 12.6. The maximum atomic E-state index is 12.6. The Morgan fingerprint density at radius 1 is 1.15 bits per heavy atom. The van der Waals surface area contributed by atoms with Crippen LogP contribution in [-0.2, 0) is 11.3 Å². The third-order valence-corrected chi connectivity index (χ3v) is 5.40. The van der Waals surface area contributed by atoms with Crippen molar-refractivity contribution in [3.8, 4) is 5.75 Å². The van der Waals surface area contributed by atoms with E-state index in [1.807, 2.05) is 0 Å². The molecule has 2 amide bonds. The summed E-state index contributed by atoms with van der Waals surface area (Å²) in [5.41, 5.74) is 7.76. The number of anilines is 1. The van der Waals surface area contributed by atoms with Gasteiger partial charge in [-0.05, 0) is 53.2 Å². The molecule has 0 aromatic heterocycles. The Morgan fingerprint density at radius 3 is 2.58 bits per heavy atom. The van der Waals surface area contributed by atoms with Crippen molar-refractivity contribution in [2.24, 2.45) is 0 Å². The van der Waals surface area contributed by atoms with Crippen molar-refractivity contribution >= 4 is 57.9 Å². The number of nitrogens with two attached hydrogens (primary N) is 1. The van der Waals surface area contributed by atoms with Gasteiger partial charge in [-0.3, -0.25) is 14.5 Å². The predicted molar refractivity (Wildman–Crippen MR) is 105 cm³/mol. The van der Waals surface area contributed by atoms with Gasteiger partial charge in [0.05, 0.1) is 34.3 Å². The molecule has 0 aliphatic carbocycles. The van der Waals surface area contributed by atoms with Crippen molar-refractivity contribution in [2.75, 3.05) is 12.8 Å². The Hall–Kier alpha value is -2.15. The number of halogens is 2. The molecule has 134 valence electrons. The molecule has 0 atom stereocenters. The topological polar surface area (TPSA) is 72.6 Å². The maximum Gasteiger partial charge on any atom is 0.293 e. The summed E-state index contributed by atoms with van der Waals surface area (Å²) >= 11 is 12.8. The summed E-state index contributed by atoms with van der Waals surface area (Å²) < 4.78 is 5.11. The first kappa shape index (κ1) is 18.6. The summed E-state index contributed by atoms with van der Waals surface area (Å²) in [5.74, 6) is 0.190. The molecular weight excluding hydrogens is 395 g/mol. The van der Waals surface area contributed by atoms with Crippen LogP contribution in [0.4, 0.5) is 10.5 Å². The molecule has 2 aromatic carbocycles. The number of carbonyl (C=O) groups is 2. The van der Waals surface area contributed by atoms with Gasteiger partial charge in [0.1, 0.15) is 5.75 Å². The van der Waals surface area contributed by atoms with Gasteiger partial charge >= 0.3 is 0 Å². The second kappa shape index (κ2) is 7.61. The van der Waals surface area contributed by atoms with Crippen molar-refractivity contribution < 1.29 is 14.3 Å². The number of ether oxygens (including phenoxy) is 1. The first-order valence-electron chi connectivity index (χ1n) is 7.52. The minimum atomic E-state index is -0.361. The third-order valence-electron chi connectivity index (χ3n) is 3.75. The average Bonchev–Trinajstić information content (AvgIpc) is 2.86. The fourth-order valence-electron chi connectivity index (χ4n) is 2.45. The molecule has 1 aliphatic heterocycles. The lowest BCUT2D eigenvalue weighted by Crippen LogP contribution is -2.27. The van der Waals surface area contributed by atoms with E-state index >= 15 is 0 Å². The molecule has 0 bridgehead atoms. The number of imide groups is 1. The van der Waals surface area contributed by atoms with Gasteiger partial charge < -0.3 is 10.5 Å². The molecule has 26 heavy (non-hydrogen) atoms. The number of carbonyl (C=O) groups excluding carboxylic acids is 2. The lowest BCUT2D eigenvalue weighted by atomic mass is 10.1. The van der Waals surface area contributed by atoms with Crippen molar-refractivity contribution in [1.29, 1.82) is 0 Å². The SMILES string of the molecule is COc1ccc(C=C2SC(=O)N(Cc3ccc(Cl)c(Cl)c3)C2=O)cc1N. The van der Waals surface area contributed by atoms with E-state index in [4.69, 9.17) is 33.7 Å². The molecule has 5 nitrogen and oxygen atoms in total. The highest BCUT2D eigenvalue weighted by atomic mass is 35.5. The molecule has 1 saturated heterocycles. The van der Waals surface area contributed by atoms with Crippen LogP contribution < -0.4 is 10.5 Å². The Labute approximate surface area is 164 Å². The van der Waals surface area contributed by atoms with Crippen LogP contribution in [0, 0.1) is 0 Å². The van der Waals surface area contributed by atoms with Crippen LogP contribution >= 0.6 is 35.0 Å². The largest absolute Gasteiger partial charge is 0.495 e. The fraction of sp³-hybridized carbons (Fsp3) is 0.111. The minimum Gasteiger partial charge on any atom is -0.495 e. The van der Waals surface area contributed by atoms with E-state index < -0.39 is 0 Å². The molecule has 0 spiro atoms. The Balaban J connectivity index is 1.82. The van der Waals surface area contributed by atoms with Gasteiger partial charge in [0.2, 0.25) is 0 Å². The van der Waals surface area contributed by atoms with Crippen LogP contribution in [0.5, 0.6) is 5.75 Å². The highest BCUT2D eigenvalue weighted by Gasteiger charge is 2.35. The summed E-state index contributed by atoms with van der Waals surface area (Å²) in [6, 6.07) is 10.2.